The van der Waals surface area contributed by atoms with Gasteiger partial charge >= 0.3 is 0 Å². The number of aromatic nitrogens is 1. The maximum atomic E-state index is 8.89. The molecule has 0 aliphatic carbocycles. The molecule has 1 heterocycles. The highest BCUT2D eigenvalue weighted by molar-refractivity contribution is 7.80. The van der Waals surface area contributed by atoms with Crippen LogP contribution in [0.4, 0.5) is 0 Å². The monoisotopic (exact) mass is 250 g/mol. The summed E-state index contributed by atoms with van der Waals surface area (Å²) in [6, 6.07) is 8.02. The van der Waals surface area contributed by atoms with E-state index in [4.69, 9.17) is 16.9 Å². The van der Waals surface area contributed by atoms with Crippen LogP contribution in [-0.4, -0.2) is 10.3 Å². The molecule has 2 nitrogen and oxygen atoms in total. The number of hydrogen-bond acceptors (Lipinski definition) is 2. The summed E-state index contributed by atoms with van der Waals surface area (Å²) in [5.41, 5.74) is 1.57. The molecule has 1 aromatic carbocycles. The zero-order valence-corrected chi connectivity index (χ0v) is 10.5. The van der Waals surface area contributed by atoms with E-state index in [1.54, 1.807) is 6.07 Å². The molecule has 16 heavy (non-hydrogen) atoms. The summed E-state index contributed by atoms with van der Waals surface area (Å²) in [6.07, 6.45) is 1.98. The van der Waals surface area contributed by atoms with Crippen molar-refractivity contribution in [3.05, 3.63) is 35.0 Å². The minimum absolute atomic E-state index is 0.310. The molecule has 0 aliphatic heterocycles. The lowest BCUT2D eigenvalue weighted by molar-refractivity contribution is 0.634. The number of benzene rings is 1. The van der Waals surface area contributed by atoms with Gasteiger partial charge < -0.3 is 4.57 Å². The average Bonchev–Trinajstić information content (AvgIpc) is 2.73. The van der Waals surface area contributed by atoms with E-state index in [-0.39, 0.29) is 0 Å². The molecule has 0 saturated heterocycles. The highest BCUT2D eigenvalue weighted by atomic mass is 35.5. The molecule has 0 unspecified atom stereocenters. The molecule has 0 saturated carbocycles. The highest BCUT2D eigenvalue weighted by Gasteiger charge is 2.11. The first-order valence-corrected chi connectivity index (χ1v) is 6.00. The lowest BCUT2D eigenvalue weighted by Gasteiger charge is -2.12. The van der Waals surface area contributed by atoms with Crippen LogP contribution >= 0.6 is 24.2 Å². The van der Waals surface area contributed by atoms with E-state index in [2.05, 4.69) is 30.2 Å². The third-order valence-corrected chi connectivity index (χ3v) is 3.63. The first kappa shape index (κ1) is 11.4. The van der Waals surface area contributed by atoms with Crippen molar-refractivity contribution in [1.82, 2.24) is 4.57 Å². The minimum Gasteiger partial charge on any atom is -0.344 e. The van der Waals surface area contributed by atoms with Gasteiger partial charge in [0.15, 0.2) is 0 Å². The van der Waals surface area contributed by atoms with Gasteiger partial charge in [-0.05, 0) is 25.1 Å². The highest BCUT2D eigenvalue weighted by Crippen LogP contribution is 2.29. The SMILES string of the molecule is C[C@H](CS)n1ccc2c(Cl)c(C#N)ccc21. The molecule has 0 spiro atoms. The molecule has 0 bridgehead atoms. The zero-order valence-electron chi connectivity index (χ0n) is 8.81. The van der Waals surface area contributed by atoms with Gasteiger partial charge in [-0.2, -0.15) is 17.9 Å². The summed E-state index contributed by atoms with van der Waals surface area (Å²) in [5, 5.41) is 10.3. The second kappa shape index (κ2) is 4.40. The number of halogens is 1. The van der Waals surface area contributed by atoms with E-state index >= 15 is 0 Å². The van der Waals surface area contributed by atoms with E-state index in [0.29, 0.717) is 16.6 Å². The molecule has 0 radical (unpaired) electrons. The lowest BCUT2D eigenvalue weighted by atomic mass is 10.1. The lowest BCUT2D eigenvalue weighted by Crippen LogP contribution is -2.04. The fourth-order valence-electron chi connectivity index (χ4n) is 1.76. The number of nitrogens with zero attached hydrogens (tertiary/aromatic N) is 2. The first-order chi connectivity index (χ1) is 7.69. The van der Waals surface area contributed by atoms with Gasteiger partial charge in [-0.3, -0.25) is 0 Å². The van der Waals surface area contributed by atoms with Crippen molar-refractivity contribution in [3.8, 4) is 6.07 Å². The summed E-state index contributed by atoms with van der Waals surface area (Å²) in [4.78, 5) is 0. The van der Waals surface area contributed by atoms with Crippen LogP contribution < -0.4 is 0 Å². The number of thiol groups is 1. The molecular formula is C12H11ClN2S. The van der Waals surface area contributed by atoms with Gasteiger partial charge in [0, 0.05) is 28.9 Å². The van der Waals surface area contributed by atoms with Crippen LogP contribution in [0.25, 0.3) is 10.9 Å². The topological polar surface area (TPSA) is 28.7 Å². The first-order valence-electron chi connectivity index (χ1n) is 4.99. The van der Waals surface area contributed by atoms with Gasteiger partial charge in [-0.15, -0.1) is 0 Å². The number of nitriles is 1. The predicted octanol–water partition coefficient (Wildman–Crippen LogP) is 3.66. The van der Waals surface area contributed by atoms with E-state index in [1.165, 1.54) is 0 Å². The van der Waals surface area contributed by atoms with Gasteiger partial charge in [0.2, 0.25) is 0 Å². The molecular weight excluding hydrogens is 240 g/mol. The molecule has 4 heteroatoms. The summed E-state index contributed by atoms with van der Waals surface area (Å²) >= 11 is 10.4. The minimum atomic E-state index is 0.310. The van der Waals surface area contributed by atoms with Gasteiger partial charge in [0.25, 0.3) is 0 Å². The van der Waals surface area contributed by atoms with Crippen LogP contribution in [0.3, 0.4) is 0 Å². The maximum Gasteiger partial charge on any atom is 0.101 e. The molecule has 0 aliphatic rings. The Kier molecular flexibility index (Phi) is 3.13. The van der Waals surface area contributed by atoms with E-state index < -0.39 is 0 Å². The standard InChI is InChI=1S/C12H11ClN2S/c1-8(7-16)15-5-4-10-11(15)3-2-9(6-14)12(10)13/h2-5,8,16H,7H2,1H3/t8-/m1/s1. The van der Waals surface area contributed by atoms with Gasteiger partial charge in [-0.25, -0.2) is 0 Å². The Morgan fingerprint density at radius 3 is 2.88 bits per heavy atom. The summed E-state index contributed by atoms with van der Waals surface area (Å²) < 4.78 is 2.12. The number of hydrogen-bond donors (Lipinski definition) is 1. The third kappa shape index (κ3) is 1.68. The van der Waals surface area contributed by atoms with Crippen LogP contribution in [0, 0.1) is 11.3 Å². The number of fused-ring (bicyclic) bond motifs is 1. The Balaban J connectivity index is 2.68. The van der Waals surface area contributed by atoms with Gasteiger partial charge in [-0.1, -0.05) is 11.6 Å². The summed E-state index contributed by atoms with van der Waals surface area (Å²) in [7, 11) is 0. The largest absolute Gasteiger partial charge is 0.344 e. The van der Waals surface area contributed by atoms with Crippen molar-refractivity contribution in [2.24, 2.45) is 0 Å². The Hall–Kier alpha value is -1.11. The second-order valence-corrected chi connectivity index (χ2v) is 4.47. The predicted molar refractivity (Wildman–Crippen MR) is 70.2 cm³/mol. The third-order valence-electron chi connectivity index (χ3n) is 2.70. The van der Waals surface area contributed by atoms with Crippen LogP contribution in [0.15, 0.2) is 24.4 Å². The van der Waals surface area contributed by atoms with E-state index in [9.17, 15) is 0 Å². The quantitative estimate of drug-likeness (QED) is 0.810. The summed E-state index contributed by atoms with van der Waals surface area (Å²) in [5.74, 6) is 0.765. The van der Waals surface area contributed by atoms with Crippen LogP contribution in [-0.2, 0) is 0 Å². The van der Waals surface area contributed by atoms with Crippen molar-refractivity contribution < 1.29 is 0 Å². The van der Waals surface area contributed by atoms with E-state index in [1.807, 2.05) is 18.3 Å². The van der Waals surface area contributed by atoms with Gasteiger partial charge in [0.05, 0.1) is 10.6 Å². The fraction of sp³-hybridized carbons (Fsp3) is 0.250. The Bertz CT molecular complexity index is 568. The molecule has 1 atom stereocenters. The maximum absolute atomic E-state index is 8.89. The molecule has 82 valence electrons. The molecule has 0 N–H and O–H groups in total. The van der Waals surface area contributed by atoms with Crippen molar-refractivity contribution in [2.75, 3.05) is 5.75 Å². The van der Waals surface area contributed by atoms with Crippen molar-refractivity contribution in [3.63, 3.8) is 0 Å². The molecule has 0 amide bonds. The van der Waals surface area contributed by atoms with Crippen LogP contribution in [0.5, 0.6) is 0 Å². The average molecular weight is 251 g/mol. The summed E-state index contributed by atoms with van der Waals surface area (Å²) in [6.45, 7) is 2.10. The zero-order chi connectivity index (χ0) is 11.7. The van der Waals surface area contributed by atoms with Crippen molar-refractivity contribution >= 4 is 35.1 Å². The fourth-order valence-corrected chi connectivity index (χ4v) is 2.20. The normalized spacial score (nSPS) is 12.6. The molecule has 0 fully saturated rings. The molecule has 2 rings (SSSR count). The van der Waals surface area contributed by atoms with Crippen LogP contribution in [0.1, 0.15) is 18.5 Å². The van der Waals surface area contributed by atoms with E-state index in [0.717, 1.165) is 16.7 Å². The molecule has 1 aromatic heterocycles. The Labute approximate surface area is 105 Å². The van der Waals surface area contributed by atoms with Crippen molar-refractivity contribution in [1.29, 1.82) is 5.26 Å². The molecule has 2 aromatic rings. The smallest absolute Gasteiger partial charge is 0.101 e. The second-order valence-electron chi connectivity index (χ2n) is 3.73. The number of rotatable bonds is 2. The Morgan fingerprint density at radius 2 is 2.25 bits per heavy atom. The Morgan fingerprint density at radius 1 is 1.50 bits per heavy atom. The van der Waals surface area contributed by atoms with Crippen molar-refractivity contribution in [2.45, 2.75) is 13.0 Å². The van der Waals surface area contributed by atoms with Crippen LogP contribution in [0.2, 0.25) is 5.02 Å². The van der Waals surface area contributed by atoms with Gasteiger partial charge in [0.1, 0.15) is 6.07 Å².